The highest BCUT2D eigenvalue weighted by molar-refractivity contribution is 5.36. The molecule has 0 radical (unpaired) electrons. The molecule has 0 aliphatic carbocycles. The zero-order chi connectivity index (χ0) is 10.8. The molecule has 2 heterocycles. The van der Waals surface area contributed by atoms with Gasteiger partial charge in [-0.2, -0.15) is 9.61 Å². The smallest absolute Gasteiger partial charge is 0.184 e. The molecule has 0 bridgehead atoms. The van der Waals surface area contributed by atoms with Crippen LogP contribution < -0.4 is 5.73 Å². The molecule has 0 aliphatic heterocycles. The van der Waals surface area contributed by atoms with Crippen molar-refractivity contribution in [2.45, 2.75) is 13.0 Å². The lowest BCUT2D eigenvalue weighted by atomic mass is 10.3. The van der Waals surface area contributed by atoms with Gasteiger partial charge >= 0.3 is 0 Å². The number of methoxy groups -OCH3 is 1. The van der Waals surface area contributed by atoms with E-state index in [4.69, 9.17) is 10.5 Å². The van der Waals surface area contributed by atoms with Gasteiger partial charge in [0.05, 0.1) is 5.69 Å². The molecular formula is C9H13N5O. The monoisotopic (exact) mass is 207 g/mol. The summed E-state index contributed by atoms with van der Waals surface area (Å²) in [5.74, 6) is 0.638. The number of nitrogens with zero attached hydrogens (tertiary/aromatic N) is 4. The Morgan fingerprint density at radius 2 is 2.27 bits per heavy atom. The second-order valence-corrected chi connectivity index (χ2v) is 3.26. The minimum absolute atomic E-state index is 0.269. The van der Waals surface area contributed by atoms with Crippen LogP contribution in [0.15, 0.2) is 12.1 Å². The van der Waals surface area contributed by atoms with Crippen LogP contribution >= 0.6 is 0 Å². The summed E-state index contributed by atoms with van der Waals surface area (Å²) < 4.78 is 6.87. The number of aromatic nitrogens is 4. The molecule has 0 spiro atoms. The zero-order valence-corrected chi connectivity index (χ0v) is 8.71. The summed E-state index contributed by atoms with van der Waals surface area (Å²) >= 11 is 0. The van der Waals surface area contributed by atoms with Crippen molar-refractivity contribution in [3.8, 4) is 0 Å². The standard InChI is InChI=1S/C9H13N5O/c1-6-3-4-8-11-12-9(14(8)13-6)7(5-10)15-2/h3-4,7H,5,10H2,1-2H3. The molecule has 0 aliphatic rings. The van der Waals surface area contributed by atoms with Gasteiger partial charge < -0.3 is 10.5 Å². The van der Waals surface area contributed by atoms with Gasteiger partial charge in [0, 0.05) is 13.7 Å². The molecule has 80 valence electrons. The minimum Gasteiger partial charge on any atom is -0.372 e. The van der Waals surface area contributed by atoms with Crippen LogP contribution in [0.25, 0.3) is 5.65 Å². The first-order valence-corrected chi connectivity index (χ1v) is 4.68. The molecule has 0 aromatic carbocycles. The van der Waals surface area contributed by atoms with Gasteiger partial charge in [-0.3, -0.25) is 0 Å². The quantitative estimate of drug-likeness (QED) is 0.771. The van der Waals surface area contributed by atoms with Crippen LogP contribution in [0.3, 0.4) is 0 Å². The number of aryl methyl sites for hydroxylation is 1. The van der Waals surface area contributed by atoms with Crippen molar-refractivity contribution in [3.05, 3.63) is 23.7 Å². The fourth-order valence-corrected chi connectivity index (χ4v) is 1.40. The Morgan fingerprint density at radius 1 is 1.47 bits per heavy atom. The molecule has 0 saturated carbocycles. The van der Waals surface area contributed by atoms with E-state index in [2.05, 4.69) is 15.3 Å². The normalized spacial score (nSPS) is 13.3. The number of ether oxygens (including phenoxy) is 1. The van der Waals surface area contributed by atoms with Crippen LogP contribution in [0.1, 0.15) is 17.6 Å². The molecule has 15 heavy (non-hydrogen) atoms. The highest BCUT2D eigenvalue weighted by atomic mass is 16.5. The van der Waals surface area contributed by atoms with Gasteiger partial charge in [-0.05, 0) is 19.1 Å². The molecule has 2 N–H and O–H groups in total. The lowest BCUT2D eigenvalue weighted by Crippen LogP contribution is -2.17. The number of hydrogen-bond acceptors (Lipinski definition) is 5. The van der Waals surface area contributed by atoms with Crippen molar-refractivity contribution in [2.24, 2.45) is 5.73 Å². The van der Waals surface area contributed by atoms with Crippen molar-refractivity contribution in [3.63, 3.8) is 0 Å². The first kappa shape index (κ1) is 10.0. The van der Waals surface area contributed by atoms with Gasteiger partial charge in [-0.25, -0.2) is 0 Å². The van der Waals surface area contributed by atoms with Crippen LogP contribution in [-0.4, -0.2) is 33.5 Å². The molecule has 6 heteroatoms. The van der Waals surface area contributed by atoms with E-state index >= 15 is 0 Å². The molecular weight excluding hydrogens is 194 g/mol. The Morgan fingerprint density at radius 3 is 2.93 bits per heavy atom. The summed E-state index contributed by atoms with van der Waals surface area (Å²) in [6.45, 7) is 2.26. The summed E-state index contributed by atoms with van der Waals surface area (Å²) in [5.41, 5.74) is 7.17. The van der Waals surface area contributed by atoms with Crippen LogP contribution in [0.5, 0.6) is 0 Å². The third kappa shape index (κ3) is 1.69. The third-order valence-electron chi connectivity index (χ3n) is 2.21. The van der Waals surface area contributed by atoms with E-state index in [0.717, 1.165) is 5.69 Å². The van der Waals surface area contributed by atoms with Gasteiger partial charge in [-0.1, -0.05) is 0 Å². The summed E-state index contributed by atoms with van der Waals surface area (Å²) in [5, 5.41) is 12.3. The van der Waals surface area contributed by atoms with E-state index in [1.807, 2.05) is 19.1 Å². The average molecular weight is 207 g/mol. The molecule has 0 fully saturated rings. The number of rotatable bonds is 3. The third-order valence-corrected chi connectivity index (χ3v) is 2.21. The Hall–Kier alpha value is -1.53. The predicted octanol–water partition coefficient (Wildman–Crippen LogP) is 0.0789. The SMILES string of the molecule is COC(CN)c1nnc2ccc(C)nn12. The Bertz CT molecular complexity index is 462. The van der Waals surface area contributed by atoms with E-state index < -0.39 is 0 Å². The summed E-state index contributed by atoms with van der Waals surface area (Å²) in [6.07, 6.45) is -0.269. The van der Waals surface area contributed by atoms with Gasteiger partial charge in [0.2, 0.25) is 0 Å². The summed E-state index contributed by atoms with van der Waals surface area (Å²) in [7, 11) is 1.59. The molecule has 0 saturated heterocycles. The molecule has 2 aromatic heterocycles. The largest absolute Gasteiger partial charge is 0.372 e. The zero-order valence-electron chi connectivity index (χ0n) is 8.71. The lowest BCUT2D eigenvalue weighted by Gasteiger charge is -2.09. The van der Waals surface area contributed by atoms with Crippen molar-refractivity contribution in [1.82, 2.24) is 19.8 Å². The van der Waals surface area contributed by atoms with Crippen molar-refractivity contribution in [2.75, 3.05) is 13.7 Å². The maximum Gasteiger partial charge on any atom is 0.184 e. The first-order valence-electron chi connectivity index (χ1n) is 4.68. The van der Waals surface area contributed by atoms with Crippen molar-refractivity contribution < 1.29 is 4.74 Å². The Kier molecular flexibility index (Phi) is 2.61. The minimum atomic E-state index is -0.269. The van der Waals surface area contributed by atoms with E-state index in [0.29, 0.717) is 18.0 Å². The molecule has 2 aromatic rings. The van der Waals surface area contributed by atoms with E-state index in [1.54, 1.807) is 11.6 Å². The lowest BCUT2D eigenvalue weighted by molar-refractivity contribution is 0.101. The Balaban J connectivity index is 2.55. The average Bonchev–Trinajstić information content (AvgIpc) is 2.64. The maximum absolute atomic E-state index is 5.57. The first-order chi connectivity index (χ1) is 7.26. The topological polar surface area (TPSA) is 78.3 Å². The second-order valence-electron chi connectivity index (χ2n) is 3.26. The van der Waals surface area contributed by atoms with Gasteiger partial charge in [-0.15, -0.1) is 10.2 Å². The van der Waals surface area contributed by atoms with Crippen molar-refractivity contribution >= 4 is 5.65 Å². The number of hydrogen-bond donors (Lipinski definition) is 1. The summed E-state index contributed by atoms with van der Waals surface area (Å²) in [6, 6.07) is 3.75. The fraction of sp³-hybridized carbons (Fsp3) is 0.444. The van der Waals surface area contributed by atoms with E-state index in [-0.39, 0.29) is 6.10 Å². The van der Waals surface area contributed by atoms with E-state index in [9.17, 15) is 0 Å². The number of fused-ring (bicyclic) bond motifs is 1. The summed E-state index contributed by atoms with van der Waals surface area (Å²) in [4.78, 5) is 0. The van der Waals surface area contributed by atoms with Crippen LogP contribution in [0.2, 0.25) is 0 Å². The number of nitrogens with two attached hydrogens (primary N) is 1. The molecule has 1 atom stereocenters. The maximum atomic E-state index is 5.57. The molecule has 0 amide bonds. The molecule has 1 unspecified atom stereocenters. The van der Waals surface area contributed by atoms with E-state index in [1.165, 1.54) is 0 Å². The van der Waals surface area contributed by atoms with Crippen molar-refractivity contribution in [1.29, 1.82) is 0 Å². The predicted molar refractivity (Wildman–Crippen MR) is 54.3 cm³/mol. The van der Waals surface area contributed by atoms with Gasteiger partial charge in [0.25, 0.3) is 0 Å². The van der Waals surface area contributed by atoms with Crippen LogP contribution in [0, 0.1) is 6.92 Å². The van der Waals surface area contributed by atoms with Gasteiger partial charge in [0.15, 0.2) is 11.5 Å². The van der Waals surface area contributed by atoms with Crippen LogP contribution in [0.4, 0.5) is 0 Å². The van der Waals surface area contributed by atoms with Gasteiger partial charge in [0.1, 0.15) is 6.10 Å². The highest BCUT2D eigenvalue weighted by Gasteiger charge is 2.16. The van der Waals surface area contributed by atoms with Crippen LogP contribution in [-0.2, 0) is 4.74 Å². The fourth-order valence-electron chi connectivity index (χ4n) is 1.40. The highest BCUT2D eigenvalue weighted by Crippen LogP contribution is 2.13. The second kappa shape index (κ2) is 3.92. The molecule has 2 rings (SSSR count). The molecule has 6 nitrogen and oxygen atoms in total. The Labute approximate surface area is 87.1 Å².